The van der Waals surface area contributed by atoms with Crippen molar-refractivity contribution in [1.29, 1.82) is 0 Å². The van der Waals surface area contributed by atoms with Gasteiger partial charge >= 0.3 is 0 Å². The first-order valence-electron chi connectivity index (χ1n) is 13.2. The van der Waals surface area contributed by atoms with E-state index in [9.17, 15) is 18.0 Å². The van der Waals surface area contributed by atoms with E-state index in [2.05, 4.69) is 5.32 Å². The Balaban J connectivity index is 2.08. The topological polar surface area (TPSA) is 86.8 Å². The number of rotatable bonds is 12. The summed E-state index contributed by atoms with van der Waals surface area (Å²) >= 11 is 0. The summed E-state index contributed by atoms with van der Waals surface area (Å²) < 4.78 is 27.1. The number of carbonyl (C=O) groups excluding carboxylic acids is 2. The van der Waals surface area contributed by atoms with E-state index in [0.29, 0.717) is 18.7 Å². The molecule has 0 saturated heterocycles. The second-order valence-electron chi connectivity index (χ2n) is 9.93. The fourth-order valence-corrected chi connectivity index (χ4v) is 5.39. The zero-order valence-corrected chi connectivity index (χ0v) is 24.3. The highest BCUT2D eigenvalue weighted by molar-refractivity contribution is 7.92. The van der Waals surface area contributed by atoms with Crippen LogP contribution >= 0.6 is 0 Å². The molecule has 0 saturated carbocycles. The zero-order chi connectivity index (χ0) is 28.6. The van der Waals surface area contributed by atoms with Crippen LogP contribution in [0.25, 0.3) is 0 Å². The molecule has 208 valence electrons. The summed E-state index contributed by atoms with van der Waals surface area (Å²) in [5.74, 6) is -0.711. The van der Waals surface area contributed by atoms with Crippen molar-refractivity contribution in [3.05, 3.63) is 101 Å². The molecule has 3 aromatic carbocycles. The van der Waals surface area contributed by atoms with Crippen molar-refractivity contribution in [2.75, 3.05) is 23.7 Å². The molecule has 0 aliphatic rings. The summed E-state index contributed by atoms with van der Waals surface area (Å²) in [5, 5.41) is 2.96. The van der Waals surface area contributed by atoms with E-state index < -0.39 is 28.5 Å². The van der Waals surface area contributed by atoms with Gasteiger partial charge in [0.25, 0.3) is 0 Å². The van der Waals surface area contributed by atoms with E-state index in [0.717, 1.165) is 44.8 Å². The lowest BCUT2D eigenvalue weighted by Crippen LogP contribution is -2.53. The van der Waals surface area contributed by atoms with Gasteiger partial charge in [0.15, 0.2) is 0 Å². The fourth-order valence-electron chi connectivity index (χ4n) is 4.49. The number of hydrogen-bond donors (Lipinski definition) is 1. The van der Waals surface area contributed by atoms with Crippen molar-refractivity contribution in [2.45, 2.75) is 53.1 Å². The quantitative estimate of drug-likeness (QED) is 0.359. The lowest BCUT2D eigenvalue weighted by Gasteiger charge is -2.34. The zero-order valence-electron chi connectivity index (χ0n) is 23.5. The molecule has 39 heavy (non-hydrogen) atoms. The molecular formula is C31H39N3O4S. The first-order chi connectivity index (χ1) is 18.5. The number of carbonyl (C=O) groups is 2. The van der Waals surface area contributed by atoms with Crippen molar-refractivity contribution in [2.24, 2.45) is 0 Å². The van der Waals surface area contributed by atoms with Crippen LogP contribution in [-0.4, -0.2) is 50.5 Å². The minimum absolute atomic E-state index is 0.174. The van der Waals surface area contributed by atoms with Crippen LogP contribution in [0.2, 0.25) is 0 Å². The molecule has 0 aliphatic heterocycles. The summed E-state index contributed by atoms with van der Waals surface area (Å²) in [6.45, 7) is 7.91. The van der Waals surface area contributed by atoms with E-state index in [4.69, 9.17) is 0 Å². The lowest BCUT2D eigenvalue weighted by molar-refractivity contribution is -0.140. The van der Waals surface area contributed by atoms with Crippen LogP contribution in [0.15, 0.2) is 72.8 Å². The molecule has 3 rings (SSSR count). The van der Waals surface area contributed by atoms with Gasteiger partial charge in [0, 0.05) is 19.5 Å². The molecule has 2 amide bonds. The monoisotopic (exact) mass is 549 g/mol. The third-order valence-electron chi connectivity index (χ3n) is 6.95. The number of anilines is 1. The largest absolute Gasteiger partial charge is 0.354 e. The number of aryl methyl sites for hydroxylation is 2. The maximum Gasteiger partial charge on any atom is 0.244 e. The molecule has 0 aliphatic carbocycles. The second-order valence-corrected chi connectivity index (χ2v) is 11.8. The summed E-state index contributed by atoms with van der Waals surface area (Å²) in [4.78, 5) is 29.2. The first-order valence-corrected chi connectivity index (χ1v) is 15.1. The van der Waals surface area contributed by atoms with E-state index in [1.807, 2.05) is 88.4 Å². The van der Waals surface area contributed by atoms with Crippen LogP contribution in [-0.2, 0) is 32.6 Å². The predicted molar refractivity (Wildman–Crippen MR) is 157 cm³/mol. The van der Waals surface area contributed by atoms with E-state index >= 15 is 0 Å². The summed E-state index contributed by atoms with van der Waals surface area (Å²) in [6.07, 6.45) is 2.16. The van der Waals surface area contributed by atoms with E-state index in [-0.39, 0.29) is 12.5 Å². The molecule has 7 nitrogen and oxygen atoms in total. The smallest absolute Gasteiger partial charge is 0.244 e. The van der Waals surface area contributed by atoms with Crippen LogP contribution in [0.3, 0.4) is 0 Å². The summed E-state index contributed by atoms with van der Waals surface area (Å²) in [7, 11) is -3.80. The van der Waals surface area contributed by atoms with E-state index in [1.54, 1.807) is 12.1 Å². The van der Waals surface area contributed by atoms with Gasteiger partial charge in [0.2, 0.25) is 21.8 Å². The predicted octanol–water partition coefficient (Wildman–Crippen LogP) is 4.54. The third kappa shape index (κ3) is 7.93. The average Bonchev–Trinajstić information content (AvgIpc) is 2.90. The fraction of sp³-hybridized carbons (Fsp3) is 0.355. The van der Waals surface area contributed by atoms with Gasteiger partial charge in [0.1, 0.15) is 12.6 Å². The average molecular weight is 550 g/mol. The highest BCUT2D eigenvalue weighted by Crippen LogP contribution is 2.26. The molecule has 0 spiro atoms. The lowest BCUT2D eigenvalue weighted by atomic mass is 10.0. The first kappa shape index (κ1) is 29.9. The Morgan fingerprint density at radius 3 is 2.15 bits per heavy atom. The standard InChI is InChI=1S/C31H39N3O4S/c1-6-19-32-31(36)29(20-26-15-8-7-9-16-26)33(21-27-17-11-10-13-24(27)3)30(35)22-34(39(5,37)38)28-18-12-14-23(2)25(28)4/h7-18,29H,6,19-22H2,1-5H3,(H,32,36). The maximum absolute atomic E-state index is 14.1. The van der Waals surface area contributed by atoms with Gasteiger partial charge < -0.3 is 10.2 Å². The molecule has 3 aromatic rings. The molecular weight excluding hydrogens is 510 g/mol. The van der Waals surface area contributed by atoms with Crippen LogP contribution in [0.1, 0.15) is 41.2 Å². The third-order valence-corrected chi connectivity index (χ3v) is 8.07. The van der Waals surface area contributed by atoms with Crippen LogP contribution in [0.5, 0.6) is 0 Å². The van der Waals surface area contributed by atoms with Gasteiger partial charge in [-0.25, -0.2) is 8.42 Å². The maximum atomic E-state index is 14.1. The van der Waals surface area contributed by atoms with Crippen LogP contribution in [0, 0.1) is 20.8 Å². The molecule has 0 fully saturated rings. The number of hydrogen-bond acceptors (Lipinski definition) is 4. The van der Waals surface area contributed by atoms with Crippen molar-refractivity contribution in [1.82, 2.24) is 10.2 Å². The van der Waals surface area contributed by atoms with Gasteiger partial charge in [-0.15, -0.1) is 0 Å². The Hall–Kier alpha value is -3.65. The molecule has 0 heterocycles. The minimum atomic E-state index is -3.80. The Morgan fingerprint density at radius 1 is 0.872 bits per heavy atom. The van der Waals surface area contributed by atoms with Crippen LogP contribution < -0.4 is 9.62 Å². The Labute approximate surface area is 232 Å². The van der Waals surface area contributed by atoms with Gasteiger partial charge in [-0.05, 0) is 61.1 Å². The van der Waals surface area contributed by atoms with Crippen molar-refractivity contribution < 1.29 is 18.0 Å². The van der Waals surface area contributed by atoms with Gasteiger partial charge in [0.05, 0.1) is 11.9 Å². The Kier molecular flexibility index (Phi) is 10.3. The number of amides is 2. The second kappa shape index (κ2) is 13.4. The molecule has 0 aromatic heterocycles. The van der Waals surface area contributed by atoms with Gasteiger partial charge in [-0.3, -0.25) is 13.9 Å². The highest BCUT2D eigenvalue weighted by Gasteiger charge is 2.33. The van der Waals surface area contributed by atoms with Gasteiger partial charge in [-0.2, -0.15) is 0 Å². The van der Waals surface area contributed by atoms with Crippen molar-refractivity contribution in [3.8, 4) is 0 Å². The number of nitrogens with one attached hydrogen (secondary N) is 1. The normalized spacial score (nSPS) is 12.0. The van der Waals surface area contributed by atoms with Crippen molar-refractivity contribution in [3.63, 3.8) is 0 Å². The van der Waals surface area contributed by atoms with Gasteiger partial charge in [-0.1, -0.05) is 73.7 Å². The molecule has 1 unspecified atom stereocenters. The van der Waals surface area contributed by atoms with Crippen LogP contribution in [0.4, 0.5) is 5.69 Å². The number of nitrogens with zero attached hydrogens (tertiary/aromatic N) is 2. The summed E-state index contributed by atoms with van der Waals surface area (Å²) in [6, 6.07) is 21.8. The SMILES string of the molecule is CCCNC(=O)C(Cc1ccccc1)N(Cc1ccccc1C)C(=O)CN(c1cccc(C)c1C)S(C)(=O)=O. The van der Waals surface area contributed by atoms with Crippen molar-refractivity contribution >= 4 is 27.5 Å². The minimum Gasteiger partial charge on any atom is -0.354 e. The van der Waals surface area contributed by atoms with E-state index in [1.165, 1.54) is 4.90 Å². The molecule has 1 N–H and O–H groups in total. The summed E-state index contributed by atoms with van der Waals surface area (Å²) in [5.41, 5.74) is 4.94. The Morgan fingerprint density at radius 2 is 1.51 bits per heavy atom. The molecule has 8 heteroatoms. The number of sulfonamides is 1. The number of benzene rings is 3. The molecule has 1 atom stereocenters. The highest BCUT2D eigenvalue weighted by atomic mass is 32.2. The molecule has 0 radical (unpaired) electrons. The Bertz CT molecular complexity index is 1390. The molecule has 0 bridgehead atoms.